The summed E-state index contributed by atoms with van der Waals surface area (Å²) in [4.78, 5) is 23.6. The van der Waals surface area contributed by atoms with Gasteiger partial charge in [-0.25, -0.2) is 9.18 Å². The first kappa shape index (κ1) is 18.9. The number of carboxylic acid groups (broad SMARTS) is 1. The molecule has 2 N–H and O–H groups in total. The molecule has 0 aliphatic rings. The van der Waals surface area contributed by atoms with Crippen LogP contribution in [0.5, 0.6) is 0 Å². The van der Waals surface area contributed by atoms with Crippen LogP contribution < -0.4 is 5.32 Å². The van der Waals surface area contributed by atoms with E-state index in [4.69, 9.17) is 23.2 Å². The van der Waals surface area contributed by atoms with E-state index in [0.29, 0.717) is 5.56 Å². The first-order chi connectivity index (χ1) is 12.8. The molecule has 1 aromatic carbocycles. The molecule has 2 heterocycles. The second kappa shape index (κ2) is 7.37. The Morgan fingerprint density at radius 3 is 2.70 bits per heavy atom. The lowest BCUT2D eigenvalue weighted by molar-refractivity contribution is 0.0680. The van der Waals surface area contributed by atoms with Crippen molar-refractivity contribution in [3.63, 3.8) is 0 Å². The number of aromatic nitrogens is 4. The summed E-state index contributed by atoms with van der Waals surface area (Å²) in [5, 5.41) is 19.9. The van der Waals surface area contributed by atoms with E-state index in [1.807, 2.05) is 0 Å². The molecule has 0 bridgehead atoms. The predicted molar refractivity (Wildman–Crippen MR) is 95.9 cm³/mol. The van der Waals surface area contributed by atoms with Crippen molar-refractivity contribution in [3.8, 4) is 0 Å². The van der Waals surface area contributed by atoms with E-state index >= 15 is 0 Å². The number of nitrogens with zero attached hydrogens (tertiary/aromatic N) is 4. The summed E-state index contributed by atoms with van der Waals surface area (Å²) >= 11 is 12.1. The van der Waals surface area contributed by atoms with Crippen LogP contribution in [0.3, 0.4) is 0 Å². The summed E-state index contributed by atoms with van der Waals surface area (Å²) in [5.41, 5.74) is 0.217. The van der Waals surface area contributed by atoms with Crippen molar-refractivity contribution in [1.82, 2.24) is 19.6 Å². The molecular formula is C16H12Cl2FN5O3. The lowest BCUT2D eigenvalue weighted by Gasteiger charge is -2.05. The van der Waals surface area contributed by atoms with E-state index < -0.39 is 17.7 Å². The fourth-order valence-corrected chi connectivity index (χ4v) is 2.84. The van der Waals surface area contributed by atoms with Gasteiger partial charge < -0.3 is 10.4 Å². The van der Waals surface area contributed by atoms with Crippen molar-refractivity contribution in [2.24, 2.45) is 7.05 Å². The van der Waals surface area contributed by atoms with Gasteiger partial charge in [-0.1, -0.05) is 29.3 Å². The van der Waals surface area contributed by atoms with E-state index in [0.717, 1.165) is 10.9 Å². The Labute approximate surface area is 162 Å². The molecule has 0 radical (unpaired) electrons. The summed E-state index contributed by atoms with van der Waals surface area (Å²) in [6.07, 6.45) is 2.60. The number of halogens is 3. The number of rotatable bonds is 5. The fourth-order valence-electron chi connectivity index (χ4n) is 2.42. The number of anilines is 1. The molecule has 3 rings (SSSR count). The van der Waals surface area contributed by atoms with Crippen molar-refractivity contribution in [3.05, 3.63) is 63.3 Å². The number of hydrogen-bond acceptors (Lipinski definition) is 4. The van der Waals surface area contributed by atoms with Crippen molar-refractivity contribution in [1.29, 1.82) is 0 Å². The van der Waals surface area contributed by atoms with Crippen LogP contribution in [0.4, 0.5) is 10.2 Å². The molecule has 0 atom stereocenters. The normalized spacial score (nSPS) is 10.8. The zero-order valence-electron chi connectivity index (χ0n) is 13.8. The van der Waals surface area contributed by atoms with Gasteiger partial charge in [0.15, 0.2) is 11.5 Å². The van der Waals surface area contributed by atoms with E-state index in [9.17, 15) is 19.1 Å². The Hall–Kier alpha value is -2.91. The molecule has 1 amide bonds. The number of aryl methyl sites for hydroxylation is 1. The van der Waals surface area contributed by atoms with Gasteiger partial charge in [0.1, 0.15) is 10.8 Å². The van der Waals surface area contributed by atoms with Gasteiger partial charge >= 0.3 is 5.97 Å². The van der Waals surface area contributed by atoms with E-state index in [1.54, 1.807) is 0 Å². The zero-order chi connectivity index (χ0) is 19.7. The van der Waals surface area contributed by atoms with Crippen molar-refractivity contribution >= 4 is 40.9 Å². The van der Waals surface area contributed by atoms with Crippen molar-refractivity contribution < 1.29 is 19.1 Å². The molecule has 0 saturated carbocycles. The van der Waals surface area contributed by atoms with Crippen LogP contribution in [0.25, 0.3) is 0 Å². The molecule has 140 valence electrons. The lowest BCUT2D eigenvalue weighted by Crippen LogP contribution is -2.17. The maximum absolute atomic E-state index is 13.1. The number of carbonyl (C=O) groups is 2. The van der Waals surface area contributed by atoms with Crippen LogP contribution in [-0.2, 0) is 13.6 Å². The summed E-state index contributed by atoms with van der Waals surface area (Å²) in [6, 6.07) is 3.96. The summed E-state index contributed by atoms with van der Waals surface area (Å²) in [5.74, 6) is -2.42. The number of benzene rings is 1. The van der Waals surface area contributed by atoms with Gasteiger partial charge in [0.05, 0.1) is 18.3 Å². The number of hydrogen-bond donors (Lipinski definition) is 2. The molecule has 0 unspecified atom stereocenters. The van der Waals surface area contributed by atoms with Crippen LogP contribution in [0.2, 0.25) is 10.0 Å². The smallest absolute Gasteiger partial charge is 0.354 e. The highest BCUT2D eigenvalue weighted by molar-refractivity contribution is 6.33. The first-order valence-corrected chi connectivity index (χ1v) is 8.25. The van der Waals surface area contributed by atoms with E-state index in [1.165, 1.54) is 36.1 Å². The molecule has 2 aromatic heterocycles. The predicted octanol–water partition coefficient (Wildman–Crippen LogP) is 3.06. The van der Waals surface area contributed by atoms with Gasteiger partial charge in [-0.15, -0.1) is 0 Å². The monoisotopic (exact) mass is 411 g/mol. The molecule has 3 aromatic rings. The molecule has 0 fully saturated rings. The quantitative estimate of drug-likeness (QED) is 0.671. The molecule has 11 heteroatoms. The number of nitrogens with one attached hydrogen (secondary N) is 1. The SMILES string of the molecule is Cn1ncc(C(=O)Nc2nn(Cc3ccc(F)cc3Cl)cc2Cl)c1C(=O)O. The molecule has 27 heavy (non-hydrogen) atoms. The van der Waals surface area contributed by atoms with Crippen LogP contribution in [0.15, 0.2) is 30.6 Å². The van der Waals surface area contributed by atoms with Gasteiger partial charge in [-0.3, -0.25) is 14.2 Å². The van der Waals surface area contributed by atoms with Crippen molar-refractivity contribution in [2.45, 2.75) is 6.54 Å². The Kier molecular flexibility index (Phi) is 5.15. The standard InChI is InChI=1S/C16H12Cl2FN5O3/c1-23-13(16(26)27)10(5-20-23)15(25)21-14-12(18)7-24(22-14)6-8-2-3-9(19)4-11(8)17/h2-5,7H,6H2,1H3,(H,26,27)(H,21,22,25). The Balaban J connectivity index is 1.81. The number of carbonyl (C=O) groups excluding carboxylic acids is 1. The van der Waals surface area contributed by atoms with Gasteiger partial charge in [0.25, 0.3) is 5.91 Å². The van der Waals surface area contributed by atoms with E-state index in [-0.39, 0.29) is 33.7 Å². The molecule has 0 saturated heterocycles. The van der Waals surface area contributed by atoms with E-state index in [2.05, 4.69) is 15.5 Å². The minimum absolute atomic E-state index is 0.0418. The van der Waals surface area contributed by atoms with Crippen molar-refractivity contribution in [2.75, 3.05) is 5.32 Å². The maximum atomic E-state index is 13.1. The topological polar surface area (TPSA) is 102 Å². The summed E-state index contributed by atoms with van der Waals surface area (Å²) in [6.45, 7) is 0.196. The lowest BCUT2D eigenvalue weighted by atomic mass is 10.2. The first-order valence-electron chi connectivity index (χ1n) is 7.49. The highest BCUT2D eigenvalue weighted by atomic mass is 35.5. The highest BCUT2D eigenvalue weighted by Crippen LogP contribution is 2.23. The van der Waals surface area contributed by atoms with Crippen LogP contribution in [0, 0.1) is 5.82 Å². The second-order valence-electron chi connectivity index (χ2n) is 5.55. The average molecular weight is 412 g/mol. The Morgan fingerprint density at radius 1 is 1.30 bits per heavy atom. The third kappa shape index (κ3) is 3.93. The average Bonchev–Trinajstić information content (AvgIpc) is 3.13. The van der Waals surface area contributed by atoms with Gasteiger partial charge in [-0.2, -0.15) is 10.2 Å². The highest BCUT2D eigenvalue weighted by Gasteiger charge is 2.23. The Morgan fingerprint density at radius 2 is 2.04 bits per heavy atom. The summed E-state index contributed by atoms with van der Waals surface area (Å²) in [7, 11) is 1.41. The number of amides is 1. The minimum Gasteiger partial charge on any atom is -0.477 e. The number of aromatic carboxylic acids is 1. The molecule has 0 aliphatic carbocycles. The molecular weight excluding hydrogens is 400 g/mol. The number of carboxylic acids is 1. The van der Waals surface area contributed by atoms with Gasteiger partial charge in [-0.05, 0) is 17.7 Å². The molecule has 0 spiro atoms. The van der Waals surface area contributed by atoms with Crippen LogP contribution in [-0.4, -0.2) is 36.5 Å². The second-order valence-corrected chi connectivity index (χ2v) is 6.36. The molecule has 8 nitrogen and oxygen atoms in total. The van der Waals surface area contributed by atoms with Crippen LogP contribution >= 0.6 is 23.2 Å². The molecule has 0 aliphatic heterocycles. The van der Waals surface area contributed by atoms with Gasteiger partial charge in [0.2, 0.25) is 0 Å². The maximum Gasteiger partial charge on any atom is 0.354 e. The third-order valence-electron chi connectivity index (χ3n) is 3.68. The summed E-state index contributed by atoms with van der Waals surface area (Å²) < 4.78 is 15.6. The zero-order valence-corrected chi connectivity index (χ0v) is 15.3. The third-order valence-corrected chi connectivity index (χ3v) is 4.31. The van der Waals surface area contributed by atoms with Gasteiger partial charge in [0, 0.05) is 18.3 Å². The largest absolute Gasteiger partial charge is 0.477 e. The van der Waals surface area contributed by atoms with Crippen LogP contribution in [0.1, 0.15) is 26.4 Å². The minimum atomic E-state index is -1.29. The fraction of sp³-hybridized carbons (Fsp3) is 0.125. The Bertz CT molecular complexity index is 1050.